The SMILES string of the molecule is CN1C(=O)CN(c2cc(C3CC3)cn3cc(C(N)CO)nc23)C1O. The van der Waals surface area contributed by atoms with Crippen molar-refractivity contribution >= 4 is 17.2 Å². The Hall–Kier alpha value is -2.16. The first kappa shape index (κ1) is 15.4. The number of nitrogens with zero attached hydrogens (tertiary/aromatic N) is 4. The second kappa shape index (κ2) is 5.44. The fourth-order valence-electron chi connectivity index (χ4n) is 3.13. The van der Waals surface area contributed by atoms with E-state index in [2.05, 4.69) is 4.98 Å². The van der Waals surface area contributed by atoms with Gasteiger partial charge in [-0.2, -0.15) is 0 Å². The van der Waals surface area contributed by atoms with Gasteiger partial charge in [0.25, 0.3) is 0 Å². The summed E-state index contributed by atoms with van der Waals surface area (Å²) >= 11 is 0. The Morgan fingerprint density at radius 3 is 2.75 bits per heavy atom. The van der Waals surface area contributed by atoms with Gasteiger partial charge in [-0.3, -0.25) is 4.79 Å². The Balaban J connectivity index is 1.85. The molecule has 4 rings (SSSR count). The molecule has 3 heterocycles. The predicted molar refractivity (Wildman–Crippen MR) is 87.3 cm³/mol. The zero-order valence-electron chi connectivity index (χ0n) is 13.5. The van der Waals surface area contributed by atoms with E-state index in [4.69, 9.17) is 5.73 Å². The lowest BCUT2D eigenvalue weighted by Gasteiger charge is -2.24. The summed E-state index contributed by atoms with van der Waals surface area (Å²) in [6.45, 7) is -0.0854. The number of anilines is 1. The molecule has 2 unspecified atom stereocenters. The van der Waals surface area contributed by atoms with Crippen molar-refractivity contribution in [3.05, 3.63) is 29.7 Å². The molecule has 0 spiro atoms. The van der Waals surface area contributed by atoms with Crippen LogP contribution in [0.3, 0.4) is 0 Å². The van der Waals surface area contributed by atoms with Crippen molar-refractivity contribution in [3.8, 4) is 0 Å². The van der Waals surface area contributed by atoms with E-state index < -0.39 is 12.4 Å². The molecule has 8 nitrogen and oxygen atoms in total. The van der Waals surface area contributed by atoms with Gasteiger partial charge in [-0.1, -0.05) is 0 Å². The molecule has 0 radical (unpaired) electrons. The lowest BCUT2D eigenvalue weighted by atomic mass is 10.1. The maximum atomic E-state index is 11.9. The normalized spacial score (nSPS) is 22.7. The number of aliphatic hydroxyl groups excluding tert-OH is 2. The van der Waals surface area contributed by atoms with Crippen molar-refractivity contribution in [2.45, 2.75) is 31.2 Å². The van der Waals surface area contributed by atoms with Gasteiger partial charge in [0.05, 0.1) is 24.0 Å². The van der Waals surface area contributed by atoms with Crippen LogP contribution < -0.4 is 10.6 Å². The average molecular weight is 331 g/mol. The van der Waals surface area contributed by atoms with E-state index in [0.717, 1.165) is 18.4 Å². The third-order valence-corrected chi connectivity index (χ3v) is 4.83. The average Bonchev–Trinajstić information content (AvgIpc) is 3.29. The molecule has 0 aromatic carbocycles. The van der Waals surface area contributed by atoms with Gasteiger partial charge >= 0.3 is 0 Å². The second-order valence-corrected chi connectivity index (χ2v) is 6.60. The lowest BCUT2D eigenvalue weighted by Crippen LogP contribution is -2.37. The van der Waals surface area contributed by atoms with Crippen molar-refractivity contribution in [2.24, 2.45) is 5.73 Å². The monoisotopic (exact) mass is 331 g/mol. The third kappa shape index (κ3) is 2.34. The summed E-state index contributed by atoms with van der Waals surface area (Å²) in [5.41, 5.74) is 8.97. The van der Waals surface area contributed by atoms with E-state index in [0.29, 0.717) is 22.9 Å². The number of pyridine rings is 1. The van der Waals surface area contributed by atoms with Gasteiger partial charge in [-0.15, -0.1) is 0 Å². The van der Waals surface area contributed by atoms with Crippen molar-refractivity contribution in [1.82, 2.24) is 14.3 Å². The molecule has 2 aromatic heterocycles. The van der Waals surface area contributed by atoms with Crippen LogP contribution in [0, 0.1) is 0 Å². The molecule has 2 aliphatic rings. The van der Waals surface area contributed by atoms with Gasteiger partial charge in [-0.05, 0) is 30.4 Å². The van der Waals surface area contributed by atoms with Crippen LogP contribution in [0.15, 0.2) is 18.5 Å². The number of likely N-dealkylation sites (N-methyl/N-ethyl adjacent to an activating group) is 1. The van der Waals surface area contributed by atoms with E-state index in [9.17, 15) is 15.0 Å². The molecule has 24 heavy (non-hydrogen) atoms. The molecule has 8 heteroatoms. The lowest BCUT2D eigenvalue weighted by molar-refractivity contribution is -0.130. The zero-order valence-corrected chi connectivity index (χ0v) is 13.5. The molecular formula is C16H21N5O3. The highest BCUT2D eigenvalue weighted by Gasteiger charge is 2.36. The zero-order chi connectivity index (χ0) is 17.0. The quantitative estimate of drug-likeness (QED) is 0.714. The van der Waals surface area contributed by atoms with Crippen molar-refractivity contribution in [3.63, 3.8) is 0 Å². The fourth-order valence-corrected chi connectivity index (χ4v) is 3.13. The minimum atomic E-state index is -1.01. The largest absolute Gasteiger partial charge is 0.394 e. The van der Waals surface area contributed by atoms with E-state index in [1.807, 2.05) is 16.7 Å². The summed E-state index contributed by atoms with van der Waals surface area (Å²) in [5.74, 6) is 0.370. The highest BCUT2D eigenvalue weighted by atomic mass is 16.3. The predicted octanol–water partition coefficient (Wildman–Crippen LogP) is -0.242. The van der Waals surface area contributed by atoms with Gasteiger partial charge in [0, 0.05) is 19.4 Å². The highest BCUT2D eigenvalue weighted by Crippen LogP contribution is 2.42. The van der Waals surface area contributed by atoms with Gasteiger partial charge in [0.2, 0.25) is 12.3 Å². The van der Waals surface area contributed by atoms with Crippen LogP contribution in [-0.4, -0.2) is 57.0 Å². The van der Waals surface area contributed by atoms with Gasteiger partial charge in [-0.25, -0.2) is 4.98 Å². The molecule has 2 atom stereocenters. The molecule has 4 N–H and O–H groups in total. The summed E-state index contributed by atoms with van der Waals surface area (Å²) < 4.78 is 1.88. The summed E-state index contributed by atoms with van der Waals surface area (Å²) in [5, 5.41) is 19.7. The minimum Gasteiger partial charge on any atom is -0.394 e. The maximum Gasteiger partial charge on any atom is 0.245 e. The number of amides is 1. The molecule has 1 saturated carbocycles. The van der Waals surface area contributed by atoms with Crippen LogP contribution in [0.25, 0.3) is 5.65 Å². The first-order valence-corrected chi connectivity index (χ1v) is 8.09. The molecule has 1 amide bonds. The van der Waals surface area contributed by atoms with Crippen molar-refractivity contribution in [2.75, 3.05) is 25.1 Å². The smallest absolute Gasteiger partial charge is 0.245 e. The number of nitrogens with two attached hydrogens (primary N) is 1. The Morgan fingerprint density at radius 2 is 2.17 bits per heavy atom. The van der Waals surface area contributed by atoms with Gasteiger partial charge in [0.1, 0.15) is 6.54 Å². The number of aliphatic hydroxyl groups is 2. The van der Waals surface area contributed by atoms with Crippen molar-refractivity contribution in [1.29, 1.82) is 0 Å². The van der Waals surface area contributed by atoms with E-state index in [1.165, 1.54) is 4.90 Å². The second-order valence-electron chi connectivity index (χ2n) is 6.60. The molecular weight excluding hydrogens is 310 g/mol. The third-order valence-electron chi connectivity index (χ3n) is 4.83. The first-order valence-electron chi connectivity index (χ1n) is 8.09. The van der Waals surface area contributed by atoms with Gasteiger partial charge in [0.15, 0.2) is 5.65 Å². The highest BCUT2D eigenvalue weighted by molar-refractivity contribution is 5.87. The molecule has 1 aliphatic carbocycles. The Bertz CT molecular complexity index is 800. The first-order chi connectivity index (χ1) is 11.5. The van der Waals surface area contributed by atoms with Gasteiger partial charge < -0.3 is 30.1 Å². The standard InChI is InChI=1S/C16H21N5O3/c1-19-14(23)7-21(16(19)24)13-4-10(9-2-3-9)5-20-6-12(11(17)8-22)18-15(13)20/h4-6,9,11,16,22,24H,2-3,7-8,17H2,1H3. The van der Waals surface area contributed by atoms with Crippen LogP contribution in [0.4, 0.5) is 5.69 Å². The molecule has 1 aliphatic heterocycles. The van der Waals surface area contributed by atoms with Crippen LogP contribution in [0.5, 0.6) is 0 Å². The fraction of sp³-hybridized carbons (Fsp3) is 0.500. The number of carbonyl (C=O) groups excluding carboxylic acids is 1. The Kier molecular flexibility index (Phi) is 3.48. The van der Waals surface area contributed by atoms with Crippen LogP contribution in [0.1, 0.15) is 36.1 Å². The van der Waals surface area contributed by atoms with Crippen LogP contribution >= 0.6 is 0 Å². The molecule has 128 valence electrons. The van der Waals surface area contributed by atoms with E-state index in [-0.39, 0.29) is 19.1 Å². The Labute approximate surface area is 139 Å². The number of imidazole rings is 1. The number of hydrogen-bond donors (Lipinski definition) is 3. The summed E-state index contributed by atoms with van der Waals surface area (Å²) in [7, 11) is 1.58. The number of carbonyl (C=O) groups is 1. The van der Waals surface area contributed by atoms with Crippen LogP contribution in [0.2, 0.25) is 0 Å². The molecule has 2 fully saturated rings. The summed E-state index contributed by atoms with van der Waals surface area (Å²) in [6.07, 6.45) is 5.10. The molecule has 0 bridgehead atoms. The van der Waals surface area contributed by atoms with E-state index in [1.54, 1.807) is 18.1 Å². The van der Waals surface area contributed by atoms with Crippen molar-refractivity contribution < 1.29 is 15.0 Å². The Morgan fingerprint density at radius 1 is 1.42 bits per heavy atom. The number of aromatic nitrogens is 2. The summed E-state index contributed by atoms with van der Waals surface area (Å²) in [6, 6.07) is 1.44. The number of hydrogen-bond acceptors (Lipinski definition) is 6. The van der Waals surface area contributed by atoms with Crippen LogP contribution in [-0.2, 0) is 4.79 Å². The molecule has 1 saturated heterocycles. The number of fused-ring (bicyclic) bond motifs is 1. The minimum absolute atomic E-state index is 0.107. The summed E-state index contributed by atoms with van der Waals surface area (Å²) in [4.78, 5) is 19.4. The number of rotatable bonds is 4. The topological polar surface area (TPSA) is 107 Å². The van der Waals surface area contributed by atoms with E-state index >= 15 is 0 Å². The maximum absolute atomic E-state index is 11.9. The molecule has 2 aromatic rings.